The third-order valence-corrected chi connectivity index (χ3v) is 3.83. The average molecular weight is 276 g/mol. The molecule has 0 aliphatic carbocycles. The second kappa shape index (κ2) is 7.44. The number of epoxide rings is 1. The van der Waals surface area contributed by atoms with Crippen LogP contribution in [-0.4, -0.2) is 23.1 Å². The van der Waals surface area contributed by atoms with Crippen LogP contribution in [0.25, 0.3) is 0 Å². The van der Waals surface area contributed by atoms with Gasteiger partial charge >= 0.3 is 0 Å². The number of phenolic OH excluding ortho intramolecular Hbond substituents is 1. The van der Waals surface area contributed by atoms with Crippen LogP contribution in [0.2, 0.25) is 0 Å². The zero-order valence-electron chi connectivity index (χ0n) is 12.2. The number of unbranched alkanes of at least 4 members (excludes halogenated alkanes) is 5. The Kier molecular flexibility index (Phi) is 5.60. The van der Waals surface area contributed by atoms with Gasteiger partial charge in [-0.1, -0.05) is 45.4 Å². The van der Waals surface area contributed by atoms with E-state index < -0.39 is 0 Å². The molecule has 2 unspecified atom stereocenters. The summed E-state index contributed by atoms with van der Waals surface area (Å²) < 4.78 is 5.48. The second-order valence-electron chi connectivity index (χ2n) is 5.56. The van der Waals surface area contributed by atoms with Crippen molar-refractivity contribution in [2.75, 3.05) is 0 Å². The summed E-state index contributed by atoms with van der Waals surface area (Å²) in [4.78, 5) is 12.1. The minimum atomic E-state index is -0.254. The van der Waals surface area contributed by atoms with Gasteiger partial charge in [0, 0.05) is 5.56 Å². The Bertz CT molecular complexity index is 424. The van der Waals surface area contributed by atoms with Crippen LogP contribution in [0, 0.1) is 0 Å². The molecule has 0 radical (unpaired) electrons. The van der Waals surface area contributed by atoms with E-state index in [9.17, 15) is 9.90 Å². The molecule has 2 atom stereocenters. The maximum absolute atomic E-state index is 12.1. The fourth-order valence-corrected chi connectivity index (χ4v) is 2.51. The third-order valence-electron chi connectivity index (χ3n) is 3.83. The number of hydrogen-bond acceptors (Lipinski definition) is 3. The highest BCUT2D eigenvalue weighted by Crippen LogP contribution is 2.30. The fraction of sp³-hybridized carbons (Fsp3) is 0.588. The van der Waals surface area contributed by atoms with Crippen molar-refractivity contribution in [1.82, 2.24) is 0 Å². The van der Waals surface area contributed by atoms with Gasteiger partial charge in [-0.05, 0) is 30.7 Å². The average Bonchev–Trinajstić information content (AvgIpc) is 3.22. The largest absolute Gasteiger partial charge is 0.508 e. The Labute approximate surface area is 121 Å². The quantitative estimate of drug-likeness (QED) is 0.420. The number of ketones is 1. The Hall–Kier alpha value is -1.35. The molecule has 110 valence electrons. The van der Waals surface area contributed by atoms with Crippen LogP contribution in [0.3, 0.4) is 0 Å². The summed E-state index contributed by atoms with van der Waals surface area (Å²) in [6, 6.07) is 6.39. The van der Waals surface area contributed by atoms with E-state index in [1.54, 1.807) is 24.3 Å². The summed E-state index contributed by atoms with van der Waals surface area (Å²) in [6.45, 7) is 2.22. The van der Waals surface area contributed by atoms with Crippen molar-refractivity contribution in [1.29, 1.82) is 0 Å². The number of ether oxygens (including phenoxy) is 1. The van der Waals surface area contributed by atoms with Gasteiger partial charge < -0.3 is 9.84 Å². The van der Waals surface area contributed by atoms with E-state index in [4.69, 9.17) is 4.74 Å². The van der Waals surface area contributed by atoms with Crippen LogP contribution < -0.4 is 0 Å². The highest BCUT2D eigenvalue weighted by atomic mass is 16.6. The van der Waals surface area contributed by atoms with Gasteiger partial charge in [0.2, 0.25) is 0 Å². The first-order chi connectivity index (χ1) is 9.72. The number of carbonyl (C=O) groups is 1. The van der Waals surface area contributed by atoms with Gasteiger partial charge in [-0.25, -0.2) is 0 Å². The van der Waals surface area contributed by atoms with Crippen molar-refractivity contribution in [3.05, 3.63) is 29.8 Å². The van der Waals surface area contributed by atoms with E-state index in [-0.39, 0.29) is 23.7 Å². The number of hydrogen-bond donors (Lipinski definition) is 1. The molecule has 1 aliphatic rings. The van der Waals surface area contributed by atoms with Gasteiger partial charge in [0.15, 0.2) is 5.78 Å². The summed E-state index contributed by atoms with van der Waals surface area (Å²) in [5.74, 6) is 0.225. The van der Waals surface area contributed by atoms with Gasteiger partial charge in [0.1, 0.15) is 11.9 Å². The van der Waals surface area contributed by atoms with Crippen LogP contribution >= 0.6 is 0 Å². The smallest absolute Gasteiger partial charge is 0.194 e. The van der Waals surface area contributed by atoms with E-state index in [1.807, 2.05) is 0 Å². The van der Waals surface area contributed by atoms with E-state index in [0.717, 1.165) is 12.8 Å². The summed E-state index contributed by atoms with van der Waals surface area (Å²) in [6.07, 6.45) is 8.43. The van der Waals surface area contributed by atoms with Gasteiger partial charge in [0.25, 0.3) is 0 Å². The van der Waals surface area contributed by atoms with Crippen LogP contribution in [0.4, 0.5) is 0 Å². The zero-order valence-corrected chi connectivity index (χ0v) is 12.2. The molecule has 1 aromatic carbocycles. The van der Waals surface area contributed by atoms with Crippen molar-refractivity contribution in [3.63, 3.8) is 0 Å². The second-order valence-corrected chi connectivity index (χ2v) is 5.56. The predicted octanol–water partition coefficient (Wildman–Crippen LogP) is 4.09. The monoisotopic (exact) mass is 276 g/mol. The molecule has 0 bridgehead atoms. The minimum Gasteiger partial charge on any atom is -0.508 e. The van der Waals surface area contributed by atoms with Gasteiger partial charge in [-0.2, -0.15) is 0 Å². The third kappa shape index (κ3) is 4.34. The molecule has 1 N–H and O–H groups in total. The van der Waals surface area contributed by atoms with E-state index >= 15 is 0 Å². The minimum absolute atomic E-state index is 0.0426. The van der Waals surface area contributed by atoms with E-state index in [2.05, 4.69) is 6.92 Å². The zero-order chi connectivity index (χ0) is 14.4. The van der Waals surface area contributed by atoms with E-state index in [1.165, 1.54) is 32.1 Å². The number of aromatic hydroxyl groups is 1. The van der Waals surface area contributed by atoms with Crippen molar-refractivity contribution in [2.45, 2.75) is 64.1 Å². The molecule has 1 fully saturated rings. The number of benzene rings is 1. The van der Waals surface area contributed by atoms with Gasteiger partial charge in [-0.15, -0.1) is 0 Å². The van der Waals surface area contributed by atoms with E-state index in [0.29, 0.717) is 5.56 Å². The van der Waals surface area contributed by atoms with Crippen LogP contribution in [0.5, 0.6) is 5.75 Å². The number of phenols is 1. The van der Waals surface area contributed by atoms with Gasteiger partial charge in [-0.3, -0.25) is 4.79 Å². The van der Waals surface area contributed by atoms with Crippen LogP contribution in [-0.2, 0) is 4.74 Å². The molecule has 20 heavy (non-hydrogen) atoms. The summed E-state index contributed by atoms with van der Waals surface area (Å²) in [5, 5.41) is 9.21. The number of Topliss-reactive ketones (excluding diaryl/α,β-unsaturated/α-hetero) is 1. The molecule has 1 aromatic rings. The molecule has 3 nitrogen and oxygen atoms in total. The first-order valence-electron chi connectivity index (χ1n) is 7.71. The Morgan fingerprint density at radius 3 is 2.45 bits per heavy atom. The maximum Gasteiger partial charge on any atom is 0.194 e. The van der Waals surface area contributed by atoms with Crippen molar-refractivity contribution >= 4 is 5.78 Å². The summed E-state index contributed by atoms with van der Waals surface area (Å²) >= 11 is 0. The normalized spacial score (nSPS) is 20.9. The predicted molar refractivity (Wildman–Crippen MR) is 79.1 cm³/mol. The lowest BCUT2D eigenvalue weighted by atomic mass is 10.0. The molecule has 3 heteroatoms. The molecule has 0 aromatic heterocycles. The van der Waals surface area contributed by atoms with Crippen molar-refractivity contribution in [2.24, 2.45) is 0 Å². The number of carbonyl (C=O) groups excluding carboxylic acids is 1. The molecule has 1 aliphatic heterocycles. The van der Waals surface area contributed by atoms with Crippen LogP contribution in [0.15, 0.2) is 24.3 Å². The lowest BCUT2D eigenvalue weighted by Gasteiger charge is -1.99. The molecule has 0 spiro atoms. The lowest BCUT2D eigenvalue weighted by molar-refractivity contribution is 0.0953. The molecule has 0 amide bonds. The fourth-order valence-electron chi connectivity index (χ4n) is 2.51. The highest BCUT2D eigenvalue weighted by Gasteiger charge is 2.44. The first-order valence-corrected chi connectivity index (χ1v) is 7.71. The first kappa shape index (κ1) is 15.0. The SMILES string of the molecule is CCCCCCCCC1OC1C(=O)c1ccc(O)cc1. The number of rotatable bonds is 9. The molecule has 1 saturated heterocycles. The molecule has 2 rings (SSSR count). The molecule has 0 saturated carbocycles. The van der Waals surface area contributed by atoms with Crippen molar-refractivity contribution in [3.8, 4) is 5.75 Å². The summed E-state index contributed by atoms with van der Waals surface area (Å²) in [7, 11) is 0. The lowest BCUT2D eigenvalue weighted by Crippen LogP contribution is -2.10. The molecular formula is C17H24O3. The Balaban J connectivity index is 1.64. The topological polar surface area (TPSA) is 49.8 Å². The van der Waals surface area contributed by atoms with Crippen molar-refractivity contribution < 1.29 is 14.6 Å². The Morgan fingerprint density at radius 2 is 1.75 bits per heavy atom. The summed E-state index contributed by atoms with van der Waals surface area (Å²) in [5.41, 5.74) is 0.623. The molecular weight excluding hydrogens is 252 g/mol. The van der Waals surface area contributed by atoms with Crippen LogP contribution in [0.1, 0.15) is 62.2 Å². The standard InChI is InChI=1S/C17H24O3/c1-2-3-4-5-6-7-8-15-17(20-15)16(19)13-9-11-14(18)12-10-13/h9-12,15,17-18H,2-8H2,1H3. The molecule has 1 heterocycles. The van der Waals surface area contributed by atoms with Gasteiger partial charge in [0.05, 0.1) is 6.10 Å². The maximum atomic E-state index is 12.1. The Morgan fingerprint density at radius 1 is 1.10 bits per heavy atom. The highest BCUT2D eigenvalue weighted by molar-refractivity contribution is 6.01.